The quantitative estimate of drug-likeness (QED) is 0.623. The molecule has 2 atom stereocenters. The number of halogens is 3. The molecule has 1 aromatic heterocycles. The van der Waals surface area contributed by atoms with Gasteiger partial charge in [0.25, 0.3) is 5.91 Å². The minimum Gasteiger partial charge on any atom is -0.376 e. The Labute approximate surface area is 187 Å². The maximum Gasteiger partial charge on any atom is 0.416 e. The third-order valence-electron chi connectivity index (χ3n) is 5.94. The standard InChI is InChI=1S/C23H21F3N4O3/c24-23(25,26)14-5-3-6-15(11-14)27-20(31)12-19-21(32)29(13-16-7-4-10-33-16)22-28-17-8-1-2-9-18(17)30(19)22/h1-3,5-6,8-9,11,16,19H,4,7,10,12-13H2,(H,27,31)/t16-,19-/m0/s1. The van der Waals surface area contributed by atoms with Crippen LogP contribution in [0.4, 0.5) is 24.8 Å². The zero-order valence-electron chi connectivity index (χ0n) is 17.5. The summed E-state index contributed by atoms with van der Waals surface area (Å²) in [6, 6.07) is 10.9. The molecule has 2 aromatic carbocycles. The lowest BCUT2D eigenvalue weighted by Crippen LogP contribution is -2.37. The van der Waals surface area contributed by atoms with E-state index in [0.717, 1.165) is 25.0 Å². The minimum absolute atomic E-state index is 0.0206. The second-order valence-electron chi connectivity index (χ2n) is 8.20. The normalized spacial score (nSPS) is 20.5. The molecular weight excluding hydrogens is 437 g/mol. The van der Waals surface area contributed by atoms with Crippen LogP contribution in [0.15, 0.2) is 48.5 Å². The molecule has 2 amide bonds. The van der Waals surface area contributed by atoms with Gasteiger partial charge in [-0.2, -0.15) is 13.2 Å². The van der Waals surface area contributed by atoms with E-state index in [0.29, 0.717) is 30.1 Å². The van der Waals surface area contributed by atoms with E-state index in [4.69, 9.17) is 4.74 Å². The largest absolute Gasteiger partial charge is 0.416 e. The number of imidazole rings is 1. The molecule has 0 spiro atoms. The van der Waals surface area contributed by atoms with Crippen LogP contribution < -0.4 is 10.2 Å². The van der Waals surface area contributed by atoms with Gasteiger partial charge in [-0.25, -0.2) is 4.98 Å². The molecule has 2 aliphatic heterocycles. The summed E-state index contributed by atoms with van der Waals surface area (Å²) < 4.78 is 46.4. The SMILES string of the molecule is O=C(C[C@H]1C(=O)N(C[C@@H]2CCCO2)c2nc3ccccc3n21)Nc1cccc(C(F)(F)F)c1. The molecule has 7 nitrogen and oxygen atoms in total. The summed E-state index contributed by atoms with van der Waals surface area (Å²) >= 11 is 0. The fourth-order valence-electron chi connectivity index (χ4n) is 4.42. The van der Waals surface area contributed by atoms with Crippen LogP contribution in [0.3, 0.4) is 0 Å². The molecule has 0 aliphatic carbocycles. The number of aromatic nitrogens is 2. The van der Waals surface area contributed by atoms with E-state index >= 15 is 0 Å². The summed E-state index contributed by atoms with van der Waals surface area (Å²) in [6.07, 6.45) is -3.09. The van der Waals surface area contributed by atoms with Crippen molar-refractivity contribution < 1.29 is 27.5 Å². The Bertz CT molecular complexity index is 1220. The highest BCUT2D eigenvalue weighted by atomic mass is 19.4. The van der Waals surface area contributed by atoms with E-state index in [-0.39, 0.29) is 24.1 Å². The van der Waals surface area contributed by atoms with E-state index in [1.807, 2.05) is 24.3 Å². The van der Waals surface area contributed by atoms with Crippen molar-refractivity contribution in [2.24, 2.45) is 0 Å². The lowest BCUT2D eigenvalue weighted by molar-refractivity contribution is -0.137. The van der Waals surface area contributed by atoms with Gasteiger partial charge >= 0.3 is 6.18 Å². The van der Waals surface area contributed by atoms with Crippen LogP contribution >= 0.6 is 0 Å². The van der Waals surface area contributed by atoms with Gasteiger partial charge in [-0.15, -0.1) is 0 Å². The van der Waals surface area contributed by atoms with Crippen LogP contribution in [0.5, 0.6) is 0 Å². The molecule has 3 heterocycles. The number of ether oxygens (including phenoxy) is 1. The summed E-state index contributed by atoms with van der Waals surface area (Å²) in [6.45, 7) is 0.986. The van der Waals surface area contributed by atoms with Gasteiger partial charge in [0.1, 0.15) is 6.04 Å². The lowest BCUT2D eigenvalue weighted by atomic mass is 10.1. The number of para-hydroxylation sites is 2. The van der Waals surface area contributed by atoms with Gasteiger partial charge in [0.15, 0.2) is 0 Å². The van der Waals surface area contributed by atoms with Gasteiger partial charge in [-0.05, 0) is 43.2 Å². The molecule has 1 saturated heterocycles. The smallest absolute Gasteiger partial charge is 0.376 e. The Morgan fingerprint density at radius 1 is 1.18 bits per heavy atom. The van der Waals surface area contributed by atoms with Gasteiger partial charge in [0.05, 0.1) is 35.7 Å². The Hall–Kier alpha value is -3.40. The minimum atomic E-state index is -4.52. The van der Waals surface area contributed by atoms with Crippen molar-refractivity contribution in [1.82, 2.24) is 9.55 Å². The highest BCUT2D eigenvalue weighted by Crippen LogP contribution is 2.37. The first kappa shape index (κ1) is 21.4. The number of rotatable bonds is 5. The van der Waals surface area contributed by atoms with Gasteiger partial charge in [0.2, 0.25) is 11.9 Å². The van der Waals surface area contributed by atoms with Crippen molar-refractivity contribution >= 4 is 34.5 Å². The first-order valence-corrected chi connectivity index (χ1v) is 10.7. The summed E-state index contributed by atoms with van der Waals surface area (Å²) in [5.74, 6) is -0.387. The molecule has 10 heteroatoms. The van der Waals surface area contributed by atoms with Crippen molar-refractivity contribution in [3.63, 3.8) is 0 Å². The summed E-state index contributed by atoms with van der Waals surface area (Å²) in [5, 5.41) is 2.49. The van der Waals surface area contributed by atoms with Gasteiger partial charge in [-0.1, -0.05) is 18.2 Å². The van der Waals surface area contributed by atoms with E-state index < -0.39 is 23.7 Å². The third-order valence-corrected chi connectivity index (χ3v) is 5.94. The fourth-order valence-corrected chi connectivity index (χ4v) is 4.42. The molecular formula is C23H21F3N4O3. The van der Waals surface area contributed by atoms with Crippen LogP contribution in [0.2, 0.25) is 0 Å². The second kappa shape index (κ2) is 8.18. The van der Waals surface area contributed by atoms with E-state index in [9.17, 15) is 22.8 Å². The predicted molar refractivity (Wildman–Crippen MR) is 115 cm³/mol. The van der Waals surface area contributed by atoms with Crippen LogP contribution in [0.1, 0.15) is 30.9 Å². The number of carbonyl (C=O) groups is 2. The van der Waals surface area contributed by atoms with Gasteiger partial charge < -0.3 is 10.1 Å². The average molecular weight is 458 g/mol. The summed E-state index contributed by atoms with van der Waals surface area (Å²) in [7, 11) is 0. The topological polar surface area (TPSA) is 76.5 Å². The number of benzene rings is 2. The number of hydrogen-bond acceptors (Lipinski definition) is 4. The van der Waals surface area contributed by atoms with Crippen LogP contribution in [-0.4, -0.2) is 40.6 Å². The highest BCUT2D eigenvalue weighted by Gasteiger charge is 2.42. The van der Waals surface area contributed by atoms with Crippen molar-refractivity contribution in [3.05, 3.63) is 54.1 Å². The molecule has 172 valence electrons. The molecule has 33 heavy (non-hydrogen) atoms. The van der Waals surface area contributed by atoms with Crippen molar-refractivity contribution in [2.45, 2.75) is 37.6 Å². The third kappa shape index (κ3) is 4.06. The fraction of sp³-hybridized carbons (Fsp3) is 0.348. The van der Waals surface area contributed by atoms with Gasteiger partial charge in [-0.3, -0.25) is 19.1 Å². The van der Waals surface area contributed by atoms with E-state index in [1.165, 1.54) is 12.1 Å². The molecule has 0 unspecified atom stereocenters. The monoisotopic (exact) mass is 458 g/mol. The Morgan fingerprint density at radius 3 is 2.76 bits per heavy atom. The Balaban J connectivity index is 1.41. The van der Waals surface area contributed by atoms with Crippen molar-refractivity contribution in [2.75, 3.05) is 23.4 Å². The number of amides is 2. The molecule has 1 fully saturated rings. The molecule has 2 aliphatic rings. The molecule has 5 rings (SSSR count). The lowest BCUT2D eigenvalue weighted by Gasteiger charge is -2.19. The second-order valence-corrected chi connectivity index (χ2v) is 8.20. The Kier molecular flexibility index (Phi) is 5.32. The van der Waals surface area contributed by atoms with Crippen molar-refractivity contribution in [3.8, 4) is 0 Å². The number of fused-ring (bicyclic) bond motifs is 3. The first-order chi connectivity index (χ1) is 15.8. The number of nitrogens with one attached hydrogen (secondary N) is 1. The average Bonchev–Trinajstić information content (AvgIpc) is 3.47. The zero-order valence-corrected chi connectivity index (χ0v) is 17.5. The van der Waals surface area contributed by atoms with Crippen molar-refractivity contribution in [1.29, 1.82) is 0 Å². The first-order valence-electron chi connectivity index (χ1n) is 10.7. The maximum atomic E-state index is 13.3. The molecule has 0 saturated carbocycles. The molecule has 0 bridgehead atoms. The van der Waals surface area contributed by atoms with E-state index in [2.05, 4.69) is 10.3 Å². The van der Waals surface area contributed by atoms with E-state index in [1.54, 1.807) is 9.47 Å². The number of carbonyl (C=O) groups excluding carboxylic acids is 2. The molecule has 3 aromatic rings. The zero-order chi connectivity index (χ0) is 23.2. The van der Waals surface area contributed by atoms with Crippen LogP contribution in [0.25, 0.3) is 11.0 Å². The summed E-state index contributed by atoms with van der Waals surface area (Å²) in [5.41, 5.74) is 0.572. The molecule has 1 N–H and O–H groups in total. The number of nitrogens with zero attached hydrogens (tertiary/aromatic N) is 3. The Morgan fingerprint density at radius 2 is 2.00 bits per heavy atom. The number of alkyl halides is 3. The molecule has 0 radical (unpaired) electrons. The summed E-state index contributed by atoms with van der Waals surface area (Å²) in [4.78, 5) is 32.2. The maximum absolute atomic E-state index is 13.3. The number of hydrogen-bond donors (Lipinski definition) is 1. The number of anilines is 2. The highest BCUT2D eigenvalue weighted by molar-refractivity contribution is 6.05. The van der Waals surface area contributed by atoms with Crippen LogP contribution in [0, 0.1) is 0 Å². The predicted octanol–water partition coefficient (Wildman–Crippen LogP) is 4.15. The van der Waals surface area contributed by atoms with Crippen LogP contribution in [-0.2, 0) is 20.5 Å². The van der Waals surface area contributed by atoms with Gasteiger partial charge in [0, 0.05) is 12.3 Å².